The summed E-state index contributed by atoms with van der Waals surface area (Å²) in [6.07, 6.45) is 3.03. The molecule has 1 aliphatic carbocycles. The fourth-order valence-electron chi connectivity index (χ4n) is 2.28. The van der Waals surface area contributed by atoms with Crippen molar-refractivity contribution in [3.63, 3.8) is 0 Å². The number of hydrogen-bond acceptors (Lipinski definition) is 2. The molecule has 2 N–H and O–H groups in total. The van der Waals surface area contributed by atoms with Crippen LogP contribution in [0, 0.1) is 5.92 Å². The largest absolute Gasteiger partial charge is 0.405 e. The third-order valence-corrected chi connectivity index (χ3v) is 3.21. The molecule has 0 aromatic rings. The molecule has 3 nitrogen and oxygen atoms in total. The van der Waals surface area contributed by atoms with E-state index in [0.29, 0.717) is 6.54 Å². The molecule has 0 aromatic heterocycles. The molecule has 0 spiro atoms. The summed E-state index contributed by atoms with van der Waals surface area (Å²) in [6, 6.07) is 0. The third-order valence-electron chi connectivity index (χ3n) is 3.21. The van der Waals surface area contributed by atoms with E-state index in [1.807, 2.05) is 5.32 Å². The molecule has 1 fully saturated rings. The summed E-state index contributed by atoms with van der Waals surface area (Å²) >= 11 is 0. The zero-order valence-corrected chi connectivity index (χ0v) is 10.5. The van der Waals surface area contributed by atoms with Crippen molar-refractivity contribution >= 4 is 5.91 Å². The van der Waals surface area contributed by atoms with Crippen molar-refractivity contribution < 1.29 is 18.0 Å². The van der Waals surface area contributed by atoms with Crippen molar-refractivity contribution in [3.8, 4) is 0 Å². The number of hydrogen-bond donors (Lipinski definition) is 2. The molecule has 0 atom stereocenters. The number of amides is 1. The first kappa shape index (κ1) is 15.3. The molecular weight excluding hydrogens is 245 g/mol. The van der Waals surface area contributed by atoms with E-state index in [1.54, 1.807) is 0 Å². The average Bonchev–Trinajstić information content (AvgIpc) is 2.78. The van der Waals surface area contributed by atoms with Crippen LogP contribution in [0.5, 0.6) is 0 Å². The van der Waals surface area contributed by atoms with Gasteiger partial charge in [0.15, 0.2) is 0 Å². The van der Waals surface area contributed by atoms with Crippen LogP contribution in [0.15, 0.2) is 0 Å². The van der Waals surface area contributed by atoms with Crippen molar-refractivity contribution in [1.29, 1.82) is 0 Å². The number of rotatable bonds is 7. The highest BCUT2D eigenvalue weighted by Gasteiger charge is 2.27. The van der Waals surface area contributed by atoms with E-state index in [4.69, 9.17) is 0 Å². The number of alkyl halides is 3. The molecule has 1 aliphatic rings. The fourth-order valence-corrected chi connectivity index (χ4v) is 2.28. The van der Waals surface area contributed by atoms with Crippen LogP contribution in [0.1, 0.15) is 38.5 Å². The Bertz CT molecular complexity index is 250. The van der Waals surface area contributed by atoms with Gasteiger partial charge in [-0.1, -0.05) is 25.7 Å². The zero-order chi connectivity index (χ0) is 13.4. The molecule has 0 unspecified atom stereocenters. The van der Waals surface area contributed by atoms with Crippen LogP contribution in [-0.2, 0) is 4.79 Å². The Labute approximate surface area is 106 Å². The van der Waals surface area contributed by atoms with Gasteiger partial charge in [-0.25, -0.2) is 0 Å². The molecule has 0 heterocycles. The Morgan fingerprint density at radius 2 is 1.89 bits per heavy atom. The molecule has 0 bridgehead atoms. The lowest BCUT2D eigenvalue weighted by atomic mass is 10.0. The van der Waals surface area contributed by atoms with E-state index in [1.165, 1.54) is 25.7 Å². The van der Waals surface area contributed by atoms with Gasteiger partial charge in [0.1, 0.15) is 6.54 Å². The lowest BCUT2D eigenvalue weighted by molar-refractivity contribution is -0.137. The number of carbonyl (C=O) groups excluding carboxylic acids is 1. The van der Waals surface area contributed by atoms with Gasteiger partial charge in [0.2, 0.25) is 5.91 Å². The molecule has 0 aliphatic heterocycles. The Balaban J connectivity index is 1.92. The second-order valence-electron chi connectivity index (χ2n) is 4.86. The highest BCUT2D eigenvalue weighted by molar-refractivity contribution is 5.77. The van der Waals surface area contributed by atoms with Gasteiger partial charge in [0.05, 0.1) is 6.54 Å². The van der Waals surface area contributed by atoms with Gasteiger partial charge in [-0.15, -0.1) is 0 Å². The predicted octanol–water partition coefficient (Wildman–Crippen LogP) is 2.22. The lowest BCUT2D eigenvalue weighted by Crippen LogP contribution is -2.39. The van der Waals surface area contributed by atoms with Gasteiger partial charge in [-0.2, -0.15) is 13.2 Å². The minimum atomic E-state index is -4.34. The topological polar surface area (TPSA) is 41.1 Å². The second-order valence-corrected chi connectivity index (χ2v) is 4.86. The monoisotopic (exact) mass is 266 g/mol. The van der Waals surface area contributed by atoms with E-state index in [-0.39, 0.29) is 6.54 Å². The highest BCUT2D eigenvalue weighted by atomic mass is 19.4. The van der Waals surface area contributed by atoms with Crippen molar-refractivity contribution in [1.82, 2.24) is 10.6 Å². The molecule has 0 aromatic carbocycles. The maximum atomic E-state index is 11.8. The van der Waals surface area contributed by atoms with Crippen LogP contribution >= 0.6 is 0 Å². The molecule has 1 amide bonds. The standard InChI is InChI=1S/C12H21F3N2O/c13-12(14,15)9-17-11(18)8-16-7-3-6-10-4-1-2-5-10/h10,16H,1-9H2,(H,17,18). The second kappa shape index (κ2) is 7.61. The number of nitrogens with one attached hydrogen (secondary N) is 2. The summed E-state index contributed by atoms with van der Waals surface area (Å²) < 4.78 is 35.4. The summed E-state index contributed by atoms with van der Waals surface area (Å²) in [5, 5.41) is 4.69. The van der Waals surface area contributed by atoms with E-state index in [2.05, 4.69) is 5.32 Å². The summed E-state index contributed by atoms with van der Waals surface area (Å²) in [4.78, 5) is 11.0. The zero-order valence-electron chi connectivity index (χ0n) is 10.5. The quantitative estimate of drug-likeness (QED) is 0.694. The van der Waals surface area contributed by atoms with Crippen LogP contribution in [-0.4, -0.2) is 31.7 Å². The van der Waals surface area contributed by atoms with Crippen LogP contribution in [0.4, 0.5) is 13.2 Å². The van der Waals surface area contributed by atoms with Gasteiger partial charge in [0, 0.05) is 0 Å². The van der Waals surface area contributed by atoms with Crippen molar-refractivity contribution in [3.05, 3.63) is 0 Å². The lowest BCUT2D eigenvalue weighted by Gasteiger charge is -2.10. The molecule has 0 radical (unpaired) electrons. The van der Waals surface area contributed by atoms with E-state index >= 15 is 0 Å². The van der Waals surface area contributed by atoms with Crippen molar-refractivity contribution in [2.75, 3.05) is 19.6 Å². The van der Waals surface area contributed by atoms with Crippen LogP contribution in [0.2, 0.25) is 0 Å². The third kappa shape index (κ3) is 7.53. The summed E-state index contributed by atoms with van der Waals surface area (Å²) in [6.45, 7) is -0.605. The number of carbonyl (C=O) groups is 1. The van der Waals surface area contributed by atoms with Crippen LogP contribution in [0.25, 0.3) is 0 Å². The fraction of sp³-hybridized carbons (Fsp3) is 0.917. The first-order valence-corrected chi connectivity index (χ1v) is 6.51. The van der Waals surface area contributed by atoms with E-state index in [9.17, 15) is 18.0 Å². The average molecular weight is 266 g/mol. The van der Waals surface area contributed by atoms with Crippen molar-refractivity contribution in [2.24, 2.45) is 5.92 Å². The smallest absolute Gasteiger partial charge is 0.346 e. The molecule has 106 valence electrons. The first-order chi connectivity index (χ1) is 8.47. The maximum absolute atomic E-state index is 11.8. The first-order valence-electron chi connectivity index (χ1n) is 6.51. The minimum Gasteiger partial charge on any atom is -0.346 e. The SMILES string of the molecule is O=C(CNCCCC1CCCC1)NCC(F)(F)F. The van der Waals surface area contributed by atoms with Crippen molar-refractivity contribution in [2.45, 2.75) is 44.7 Å². The van der Waals surface area contributed by atoms with Crippen LogP contribution in [0.3, 0.4) is 0 Å². The minimum absolute atomic E-state index is 0.0409. The summed E-state index contributed by atoms with van der Waals surface area (Å²) in [5.74, 6) is 0.207. The van der Waals surface area contributed by atoms with Gasteiger partial charge in [-0.05, 0) is 25.3 Å². The Morgan fingerprint density at radius 1 is 1.22 bits per heavy atom. The maximum Gasteiger partial charge on any atom is 0.405 e. The Hall–Kier alpha value is -0.780. The Kier molecular flexibility index (Phi) is 6.46. The molecule has 1 saturated carbocycles. The predicted molar refractivity (Wildman–Crippen MR) is 63.1 cm³/mol. The molecule has 0 saturated heterocycles. The normalized spacial score (nSPS) is 17.1. The molecule has 1 rings (SSSR count). The van der Waals surface area contributed by atoms with E-state index < -0.39 is 18.6 Å². The van der Waals surface area contributed by atoms with E-state index in [0.717, 1.165) is 18.8 Å². The van der Waals surface area contributed by atoms with Gasteiger partial charge in [-0.3, -0.25) is 4.79 Å². The Morgan fingerprint density at radius 3 is 2.50 bits per heavy atom. The number of halogens is 3. The van der Waals surface area contributed by atoms with Crippen LogP contribution < -0.4 is 10.6 Å². The van der Waals surface area contributed by atoms with Gasteiger partial charge >= 0.3 is 6.18 Å². The summed E-state index contributed by atoms with van der Waals surface area (Å²) in [5.41, 5.74) is 0. The van der Waals surface area contributed by atoms with Gasteiger partial charge in [0.25, 0.3) is 0 Å². The molecule has 18 heavy (non-hydrogen) atoms. The summed E-state index contributed by atoms with van der Waals surface area (Å²) in [7, 11) is 0. The molecule has 6 heteroatoms. The van der Waals surface area contributed by atoms with Gasteiger partial charge < -0.3 is 10.6 Å². The highest BCUT2D eigenvalue weighted by Crippen LogP contribution is 2.28. The molecular formula is C12H21F3N2O.